The zero-order valence-corrected chi connectivity index (χ0v) is 27.3. The molecular formula is C34H41N9O4. The minimum atomic E-state index is -0.626. The van der Waals surface area contributed by atoms with Crippen molar-refractivity contribution in [1.29, 1.82) is 0 Å². The minimum absolute atomic E-state index is 0.129. The highest BCUT2D eigenvalue weighted by Gasteiger charge is 2.25. The van der Waals surface area contributed by atoms with Crippen molar-refractivity contribution in [3.8, 4) is 0 Å². The predicted octanol–water partition coefficient (Wildman–Crippen LogP) is 4.69. The molecule has 2 aromatic carbocycles. The van der Waals surface area contributed by atoms with Crippen LogP contribution in [0, 0.1) is 0 Å². The topological polar surface area (TPSA) is 125 Å². The van der Waals surface area contributed by atoms with E-state index in [0.29, 0.717) is 37.0 Å². The molecule has 0 bridgehead atoms. The van der Waals surface area contributed by atoms with Crippen molar-refractivity contribution in [2.24, 2.45) is 7.05 Å². The summed E-state index contributed by atoms with van der Waals surface area (Å²) in [7, 11) is 2.01. The van der Waals surface area contributed by atoms with Crippen LogP contribution in [0.2, 0.25) is 0 Å². The monoisotopic (exact) mass is 639 g/mol. The van der Waals surface area contributed by atoms with Gasteiger partial charge in [-0.15, -0.1) is 0 Å². The molecule has 3 aromatic heterocycles. The number of aryl methyl sites for hydroxylation is 1. The average Bonchev–Trinajstić information content (AvgIpc) is 3.64. The van der Waals surface area contributed by atoms with Gasteiger partial charge >= 0.3 is 6.09 Å². The standard InChI is InChI=1S/C34H41N9O4/c1-34(2,3)47-33(44)43-28-20-25(7-5-24(28)21-36-43)37-31-9-11-35-32(38-31)42-15-18-46-30(22-42)23-6-8-26-27(39-40(4)29(26)19-23)10-12-41-13-16-45-17-14-41/h5-9,11,19-21,30H,10,12-18,22H2,1-4H3,(H,35,37,38). The summed E-state index contributed by atoms with van der Waals surface area (Å²) in [6, 6.07) is 14.1. The van der Waals surface area contributed by atoms with E-state index in [-0.39, 0.29) is 6.10 Å². The molecule has 0 saturated carbocycles. The number of hydrogen-bond donors (Lipinski definition) is 1. The smallest absolute Gasteiger partial charge is 0.435 e. The van der Waals surface area contributed by atoms with Gasteiger partial charge in [0.05, 0.1) is 49.3 Å². The Morgan fingerprint density at radius 3 is 2.72 bits per heavy atom. The van der Waals surface area contributed by atoms with E-state index in [4.69, 9.17) is 24.3 Å². The lowest BCUT2D eigenvalue weighted by Gasteiger charge is -2.33. The van der Waals surface area contributed by atoms with Crippen molar-refractivity contribution in [2.75, 3.05) is 62.8 Å². The molecule has 13 nitrogen and oxygen atoms in total. The van der Waals surface area contributed by atoms with Gasteiger partial charge in [-0.05, 0) is 56.7 Å². The molecule has 1 atom stereocenters. The van der Waals surface area contributed by atoms with Crippen molar-refractivity contribution < 1.29 is 19.0 Å². The number of nitrogens with zero attached hydrogens (tertiary/aromatic N) is 8. The van der Waals surface area contributed by atoms with Crippen LogP contribution in [0.5, 0.6) is 0 Å². The van der Waals surface area contributed by atoms with E-state index < -0.39 is 11.7 Å². The van der Waals surface area contributed by atoms with Crippen molar-refractivity contribution >= 4 is 45.4 Å². The minimum Gasteiger partial charge on any atom is -0.442 e. The Hall–Kier alpha value is -4.59. The Balaban J connectivity index is 1.04. The summed E-state index contributed by atoms with van der Waals surface area (Å²) in [5, 5.41) is 14.5. The third kappa shape index (κ3) is 6.92. The van der Waals surface area contributed by atoms with E-state index in [1.54, 1.807) is 12.4 Å². The molecule has 0 amide bonds. The summed E-state index contributed by atoms with van der Waals surface area (Å²) in [5.41, 5.74) is 4.11. The van der Waals surface area contributed by atoms with Crippen LogP contribution >= 0.6 is 0 Å². The molecule has 7 rings (SSSR count). The number of carbonyl (C=O) groups excluding carboxylic acids is 1. The van der Waals surface area contributed by atoms with Crippen molar-refractivity contribution in [1.82, 2.24) is 34.4 Å². The van der Waals surface area contributed by atoms with Gasteiger partial charge in [-0.25, -0.2) is 9.78 Å². The Bertz CT molecular complexity index is 1890. The van der Waals surface area contributed by atoms with E-state index in [1.165, 1.54) is 10.1 Å². The third-order valence-corrected chi connectivity index (χ3v) is 8.49. The molecule has 1 unspecified atom stereocenters. The zero-order chi connectivity index (χ0) is 32.5. The average molecular weight is 640 g/mol. The quantitative estimate of drug-likeness (QED) is 0.267. The van der Waals surface area contributed by atoms with Gasteiger partial charge in [-0.3, -0.25) is 9.58 Å². The largest absolute Gasteiger partial charge is 0.442 e. The molecule has 2 fully saturated rings. The summed E-state index contributed by atoms with van der Waals surface area (Å²) in [6.07, 6.45) is 3.66. The maximum Gasteiger partial charge on any atom is 0.435 e. The highest BCUT2D eigenvalue weighted by Crippen LogP contribution is 2.29. The molecule has 0 radical (unpaired) electrons. The lowest BCUT2D eigenvalue weighted by molar-refractivity contribution is 0.0383. The van der Waals surface area contributed by atoms with Crippen LogP contribution in [0.25, 0.3) is 21.8 Å². The molecule has 0 aliphatic carbocycles. The number of anilines is 3. The van der Waals surface area contributed by atoms with Gasteiger partial charge < -0.3 is 24.4 Å². The molecule has 1 N–H and O–H groups in total. The van der Waals surface area contributed by atoms with Crippen molar-refractivity contribution in [3.63, 3.8) is 0 Å². The molecule has 2 aliphatic rings. The van der Waals surface area contributed by atoms with Crippen LogP contribution in [0.15, 0.2) is 54.9 Å². The Kier molecular flexibility index (Phi) is 8.52. The number of benzene rings is 2. The van der Waals surface area contributed by atoms with E-state index in [0.717, 1.165) is 67.1 Å². The van der Waals surface area contributed by atoms with Crippen molar-refractivity contribution in [3.05, 3.63) is 66.1 Å². The van der Waals surface area contributed by atoms with E-state index in [9.17, 15) is 4.79 Å². The van der Waals surface area contributed by atoms with Crippen LogP contribution < -0.4 is 10.2 Å². The second kappa shape index (κ2) is 12.9. The Morgan fingerprint density at radius 2 is 1.89 bits per heavy atom. The molecule has 5 aromatic rings. The van der Waals surface area contributed by atoms with Gasteiger partial charge in [0, 0.05) is 62.3 Å². The van der Waals surface area contributed by atoms with Crippen LogP contribution in [-0.4, -0.2) is 98.7 Å². The molecule has 0 spiro atoms. The maximum atomic E-state index is 12.7. The first-order valence-electron chi connectivity index (χ1n) is 16.1. The lowest BCUT2D eigenvalue weighted by atomic mass is 10.0. The fraction of sp³-hybridized carbons (Fsp3) is 0.441. The zero-order valence-electron chi connectivity index (χ0n) is 27.3. The molecule has 2 aliphatic heterocycles. The fourth-order valence-corrected chi connectivity index (χ4v) is 6.12. The lowest BCUT2D eigenvalue weighted by Crippen LogP contribution is -2.39. The van der Waals surface area contributed by atoms with Gasteiger partial charge in [0.2, 0.25) is 5.95 Å². The number of fused-ring (bicyclic) bond motifs is 2. The van der Waals surface area contributed by atoms with Gasteiger partial charge in [0.15, 0.2) is 0 Å². The number of nitrogens with one attached hydrogen (secondary N) is 1. The van der Waals surface area contributed by atoms with E-state index >= 15 is 0 Å². The van der Waals surface area contributed by atoms with Crippen LogP contribution in [-0.2, 0) is 27.7 Å². The summed E-state index contributed by atoms with van der Waals surface area (Å²) < 4.78 is 20.5. The fourth-order valence-electron chi connectivity index (χ4n) is 6.12. The number of rotatable bonds is 7. The van der Waals surface area contributed by atoms with Crippen molar-refractivity contribution in [2.45, 2.75) is 38.9 Å². The molecule has 246 valence electrons. The van der Waals surface area contributed by atoms with Crippen LogP contribution in [0.1, 0.15) is 38.1 Å². The first-order valence-corrected chi connectivity index (χ1v) is 16.1. The normalized spacial score (nSPS) is 17.8. The van der Waals surface area contributed by atoms with E-state index in [1.807, 2.05) is 56.8 Å². The summed E-state index contributed by atoms with van der Waals surface area (Å²) in [6.45, 7) is 11.9. The summed E-state index contributed by atoms with van der Waals surface area (Å²) >= 11 is 0. The Labute approximate surface area is 273 Å². The second-order valence-corrected chi connectivity index (χ2v) is 13.0. The molecule has 13 heteroatoms. The summed E-state index contributed by atoms with van der Waals surface area (Å²) in [4.78, 5) is 26.7. The van der Waals surface area contributed by atoms with Gasteiger partial charge in [0.25, 0.3) is 0 Å². The number of aromatic nitrogens is 6. The number of hydrogen-bond acceptors (Lipinski definition) is 11. The SMILES string of the molecule is Cn1nc(CCN2CCOCC2)c2ccc(C3CN(c4nccc(Nc5ccc6cnn(C(=O)OC(C)(C)C)c6c5)n4)CCO3)cc21. The molecule has 5 heterocycles. The number of ether oxygens (including phenoxy) is 3. The maximum absolute atomic E-state index is 12.7. The van der Waals surface area contributed by atoms with Crippen LogP contribution in [0.3, 0.4) is 0 Å². The van der Waals surface area contributed by atoms with Crippen LogP contribution in [0.4, 0.5) is 22.2 Å². The van der Waals surface area contributed by atoms with Gasteiger partial charge in [-0.1, -0.05) is 12.1 Å². The first-order chi connectivity index (χ1) is 22.7. The molecular weight excluding hydrogens is 598 g/mol. The number of carbonyl (C=O) groups is 1. The summed E-state index contributed by atoms with van der Waals surface area (Å²) in [5.74, 6) is 1.26. The molecule has 2 saturated heterocycles. The third-order valence-electron chi connectivity index (χ3n) is 8.49. The predicted molar refractivity (Wildman–Crippen MR) is 179 cm³/mol. The van der Waals surface area contributed by atoms with Gasteiger partial charge in [-0.2, -0.15) is 19.9 Å². The highest BCUT2D eigenvalue weighted by atomic mass is 16.6. The number of morpholine rings is 2. The van der Waals surface area contributed by atoms with E-state index in [2.05, 4.69) is 43.4 Å². The highest BCUT2D eigenvalue weighted by molar-refractivity contribution is 5.90. The first kappa shape index (κ1) is 31.0. The molecule has 47 heavy (non-hydrogen) atoms. The van der Waals surface area contributed by atoms with Gasteiger partial charge in [0.1, 0.15) is 17.5 Å². The second-order valence-electron chi connectivity index (χ2n) is 13.0. The Morgan fingerprint density at radius 1 is 1.04 bits per heavy atom.